The molecule has 0 aliphatic rings. The van der Waals surface area contributed by atoms with E-state index in [4.69, 9.17) is 9.84 Å². The Morgan fingerprint density at radius 1 is 1.45 bits per heavy atom. The molecule has 0 aliphatic carbocycles. The predicted molar refractivity (Wildman–Crippen MR) is 80.5 cm³/mol. The van der Waals surface area contributed by atoms with Crippen LogP contribution in [-0.4, -0.2) is 34.1 Å². The van der Waals surface area contributed by atoms with Crippen LogP contribution >= 0.6 is 11.3 Å². The number of carboxylic acid groups (broad SMARTS) is 1. The van der Waals surface area contributed by atoms with Gasteiger partial charge in [0.1, 0.15) is 15.4 Å². The van der Waals surface area contributed by atoms with Gasteiger partial charge in [0, 0.05) is 6.20 Å². The van der Waals surface area contributed by atoms with E-state index < -0.39 is 12.0 Å². The van der Waals surface area contributed by atoms with Gasteiger partial charge in [-0.15, -0.1) is 11.3 Å². The molecule has 2 aromatic rings. The summed E-state index contributed by atoms with van der Waals surface area (Å²) in [6, 6.07) is 2.82. The van der Waals surface area contributed by atoms with Crippen molar-refractivity contribution in [3.8, 4) is 5.88 Å². The summed E-state index contributed by atoms with van der Waals surface area (Å²) in [6.07, 6.45) is 1.53. The number of thiazole rings is 1. The molecule has 22 heavy (non-hydrogen) atoms. The van der Waals surface area contributed by atoms with Gasteiger partial charge in [0.05, 0.1) is 18.8 Å². The number of nitrogens with zero attached hydrogens (tertiary/aromatic N) is 2. The second kappa shape index (κ2) is 6.52. The Bertz CT molecular complexity index is 714. The molecule has 7 nitrogen and oxygen atoms in total. The lowest BCUT2D eigenvalue weighted by Gasteiger charge is -2.12. The topological polar surface area (TPSA) is 101 Å². The largest absolute Gasteiger partial charge is 0.480 e. The van der Waals surface area contributed by atoms with Gasteiger partial charge in [-0.2, -0.15) is 0 Å². The molecule has 2 aromatic heterocycles. The number of aromatic carboxylic acids is 1. The monoisotopic (exact) mass is 321 g/mol. The number of pyridine rings is 1. The summed E-state index contributed by atoms with van der Waals surface area (Å²) in [5.74, 6) is -1.15. The van der Waals surface area contributed by atoms with Crippen LogP contribution in [0.25, 0.3) is 0 Å². The lowest BCUT2D eigenvalue weighted by Crippen LogP contribution is -2.27. The average Bonchev–Trinajstić information content (AvgIpc) is 2.89. The minimum Gasteiger partial charge on any atom is -0.480 e. The SMILES string of the molecule is COc1ncccc1C(=O)NC(C)c1nc(C)c(C(=O)O)s1. The second-order valence-corrected chi connectivity index (χ2v) is 5.56. The van der Waals surface area contributed by atoms with Crippen LogP contribution in [0.1, 0.15) is 43.7 Å². The Morgan fingerprint density at radius 3 is 2.77 bits per heavy atom. The summed E-state index contributed by atoms with van der Waals surface area (Å²) in [4.78, 5) is 31.6. The highest BCUT2D eigenvalue weighted by molar-refractivity contribution is 7.13. The molecule has 0 saturated heterocycles. The van der Waals surface area contributed by atoms with Gasteiger partial charge in [0.25, 0.3) is 5.91 Å². The first-order valence-corrected chi connectivity index (χ1v) is 7.26. The summed E-state index contributed by atoms with van der Waals surface area (Å²) in [5, 5.41) is 12.3. The fraction of sp³-hybridized carbons (Fsp3) is 0.286. The lowest BCUT2D eigenvalue weighted by atomic mass is 10.2. The molecule has 0 bridgehead atoms. The molecule has 0 aliphatic heterocycles. The third-order valence-corrected chi connectivity index (χ3v) is 4.26. The quantitative estimate of drug-likeness (QED) is 0.874. The Hall–Kier alpha value is -2.48. The number of carbonyl (C=O) groups is 2. The predicted octanol–water partition coefficient (Wildman–Crippen LogP) is 2.04. The first kappa shape index (κ1) is 15.9. The standard InChI is InChI=1S/C14H15N3O4S/c1-7-10(14(19)20)22-13(17-7)8(2)16-11(18)9-5-4-6-15-12(9)21-3/h4-6,8H,1-3H3,(H,16,18)(H,19,20). The first-order chi connectivity index (χ1) is 10.4. The number of carbonyl (C=O) groups excluding carboxylic acids is 1. The smallest absolute Gasteiger partial charge is 0.347 e. The van der Waals surface area contributed by atoms with E-state index in [9.17, 15) is 9.59 Å². The molecule has 0 aromatic carbocycles. The Kier molecular flexibility index (Phi) is 4.71. The van der Waals surface area contributed by atoms with Crippen LogP contribution in [0.4, 0.5) is 0 Å². The van der Waals surface area contributed by atoms with Crippen LogP contribution in [0.15, 0.2) is 18.3 Å². The molecule has 0 radical (unpaired) electrons. The summed E-state index contributed by atoms with van der Waals surface area (Å²) in [7, 11) is 1.44. The van der Waals surface area contributed by atoms with E-state index in [0.717, 1.165) is 11.3 Å². The minimum atomic E-state index is -1.02. The van der Waals surface area contributed by atoms with E-state index in [2.05, 4.69) is 15.3 Å². The number of nitrogens with one attached hydrogen (secondary N) is 1. The number of methoxy groups -OCH3 is 1. The molecule has 0 spiro atoms. The van der Waals surface area contributed by atoms with Crippen molar-refractivity contribution < 1.29 is 19.4 Å². The fourth-order valence-electron chi connectivity index (χ4n) is 1.86. The molecule has 1 amide bonds. The molecule has 116 valence electrons. The zero-order chi connectivity index (χ0) is 16.3. The maximum atomic E-state index is 12.3. The third-order valence-electron chi connectivity index (χ3n) is 2.93. The first-order valence-electron chi connectivity index (χ1n) is 6.44. The highest BCUT2D eigenvalue weighted by atomic mass is 32.1. The summed E-state index contributed by atoms with van der Waals surface area (Å²) < 4.78 is 5.05. The fourth-order valence-corrected chi connectivity index (χ4v) is 2.77. The number of carboxylic acids is 1. The van der Waals surface area contributed by atoms with Gasteiger partial charge in [0.2, 0.25) is 5.88 Å². The van der Waals surface area contributed by atoms with Crippen molar-refractivity contribution in [1.29, 1.82) is 0 Å². The molecule has 0 saturated carbocycles. The van der Waals surface area contributed by atoms with Crippen molar-refractivity contribution in [2.75, 3.05) is 7.11 Å². The van der Waals surface area contributed by atoms with E-state index in [1.165, 1.54) is 13.3 Å². The minimum absolute atomic E-state index is 0.176. The van der Waals surface area contributed by atoms with Gasteiger partial charge in [-0.3, -0.25) is 4.79 Å². The zero-order valence-electron chi connectivity index (χ0n) is 12.3. The number of amides is 1. The molecular formula is C14H15N3O4S. The van der Waals surface area contributed by atoms with Crippen LogP contribution < -0.4 is 10.1 Å². The van der Waals surface area contributed by atoms with Gasteiger partial charge < -0.3 is 15.2 Å². The number of hydrogen-bond donors (Lipinski definition) is 2. The van der Waals surface area contributed by atoms with E-state index in [-0.39, 0.29) is 16.7 Å². The Morgan fingerprint density at radius 2 is 2.18 bits per heavy atom. The maximum Gasteiger partial charge on any atom is 0.347 e. The second-order valence-electron chi connectivity index (χ2n) is 4.53. The Balaban J connectivity index is 2.18. The summed E-state index contributed by atoms with van der Waals surface area (Å²) >= 11 is 1.05. The molecular weight excluding hydrogens is 306 g/mol. The van der Waals surface area contributed by atoms with E-state index >= 15 is 0 Å². The normalized spacial score (nSPS) is 11.8. The summed E-state index contributed by atoms with van der Waals surface area (Å²) in [6.45, 7) is 3.37. The molecule has 2 heterocycles. The molecule has 0 fully saturated rings. The number of ether oxygens (including phenoxy) is 1. The number of hydrogen-bond acceptors (Lipinski definition) is 6. The van der Waals surface area contributed by atoms with Crippen LogP contribution in [0.5, 0.6) is 5.88 Å². The van der Waals surface area contributed by atoms with Crippen molar-refractivity contribution in [1.82, 2.24) is 15.3 Å². The number of aryl methyl sites for hydroxylation is 1. The molecule has 8 heteroatoms. The highest BCUT2D eigenvalue weighted by Gasteiger charge is 2.21. The van der Waals surface area contributed by atoms with Gasteiger partial charge in [-0.25, -0.2) is 14.8 Å². The Labute approximate surface area is 131 Å². The van der Waals surface area contributed by atoms with Crippen LogP contribution in [-0.2, 0) is 0 Å². The average molecular weight is 321 g/mol. The number of aromatic nitrogens is 2. The van der Waals surface area contributed by atoms with Crippen LogP contribution in [0.2, 0.25) is 0 Å². The van der Waals surface area contributed by atoms with E-state index in [1.807, 2.05) is 0 Å². The summed E-state index contributed by atoms with van der Waals surface area (Å²) in [5.41, 5.74) is 0.746. The van der Waals surface area contributed by atoms with Crippen molar-refractivity contribution in [2.24, 2.45) is 0 Å². The van der Waals surface area contributed by atoms with Gasteiger partial charge in [-0.1, -0.05) is 0 Å². The van der Waals surface area contributed by atoms with E-state index in [0.29, 0.717) is 16.3 Å². The van der Waals surface area contributed by atoms with E-state index in [1.54, 1.807) is 26.0 Å². The molecule has 2 N–H and O–H groups in total. The molecule has 2 rings (SSSR count). The van der Waals surface area contributed by atoms with Gasteiger partial charge in [-0.05, 0) is 26.0 Å². The zero-order valence-corrected chi connectivity index (χ0v) is 13.1. The van der Waals surface area contributed by atoms with Gasteiger partial charge >= 0.3 is 5.97 Å². The van der Waals surface area contributed by atoms with Crippen molar-refractivity contribution in [3.05, 3.63) is 39.5 Å². The lowest BCUT2D eigenvalue weighted by molar-refractivity contribution is 0.0700. The van der Waals surface area contributed by atoms with Crippen molar-refractivity contribution in [2.45, 2.75) is 19.9 Å². The van der Waals surface area contributed by atoms with Crippen molar-refractivity contribution in [3.63, 3.8) is 0 Å². The highest BCUT2D eigenvalue weighted by Crippen LogP contribution is 2.24. The van der Waals surface area contributed by atoms with Gasteiger partial charge in [0.15, 0.2) is 0 Å². The number of rotatable bonds is 5. The third kappa shape index (κ3) is 3.22. The molecule has 1 atom stereocenters. The van der Waals surface area contributed by atoms with Crippen LogP contribution in [0.3, 0.4) is 0 Å². The maximum absolute atomic E-state index is 12.3. The molecule has 1 unspecified atom stereocenters. The van der Waals surface area contributed by atoms with Crippen LogP contribution in [0, 0.1) is 6.92 Å². The van der Waals surface area contributed by atoms with Crippen molar-refractivity contribution >= 4 is 23.2 Å².